The maximum absolute atomic E-state index is 12.2. The van der Waals surface area contributed by atoms with Crippen molar-refractivity contribution in [1.82, 2.24) is 5.32 Å². The van der Waals surface area contributed by atoms with Gasteiger partial charge in [0.2, 0.25) is 0 Å². The molecule has 0 heterocycles. The van der Waals surface area contributed by atoms with Gasteiger partial charge in [0.15, 0.2) is 0 Å². The molecule has 192 valence electrons. The Balaban J connectivity index is 1.58. The second-order valence-electron chi connectivity index (χ2n) is 13.2. The molecule has 4 rings (SSSR count). The molecule has 0 aromatic rings. The largest absolute Gasteiger partial charge is 0.393 e. The normalized spacial score (nSPS) is 48.1. The van der Waals surface area contributed by atoms with E-state index in [4.69, 9.17) is 5.73 Å². The maximum atomic E-state index is 12.2. The minimum absolute atomic E-state index is 0.0774. The molecule has 0 amide bonds. The van der Waals surface area contributed by atoms with Crippen LogP contribution < -0.4 is 11.1 Å². The van der Waals surface area contributed by atoms with Crippen LogP contribution >= 0.6 is 0 Å². The molecule has 0 spiro atoms. The summed E-state index contributed by atoms with van der Waals surface area (Å²) in [6.07, 6.45) is 14.9. The van der Waals surface area contributed by atoms with Crippen LogP contribution in [0.15, 0.2) is 0 Å². The van der Waals surface area contributed by atoms with Crippen LogP contribution in [0.1, 0.15) is 111 Å². The molecule has 0 aromatic carbocycles. The highest BCUT2D eigenvalue weighted by molar-refractivity contribution is 5.18. The van der Waals surface area contributed by atoms with Gasteiger partial charge in [-0.3, -0.25) is 0 Å². The molecule has 4 aliphatic carbocycles. The first-order chi connectivity index (χ1) is 15.7. The summed E-state index contributed by atoms with van der Waals surface area (Å²) in [6.45, 7) is 11.4. The van der Waals surface area contributed by atoms with E-state index in [0.717, 1.165) is 50.0 Å². The Morgan fingerprint density at radius 1 is 1.03 bits per heavy atom. The van der Waals surface area contributed by atoms with Crippen LogP contribution in [0.3, 0.4) is 0 Å². The van der Waals surface area contributed by atoms with Gasteiger partial charge in [0, 0.05) is 17.9 Å². The highest BCUT2D eigenvalue weighted by atomic mass is 16.3. The first kappa shape index (κ1) is 25.9. The summed E-state index contributed by atoms with van der Waals surface area (Å²) in [5.41, 5.74) is 5.36. The molecule has 5 N–H and O–H groups in total. The van der Waals surface area contributed by atoms with Gasteiger partial charge in [-0.25, -0.2) is 0 Å². The highest BCUT2D eigenvalue weighted by Crippen LogP contribution is 2.69. The van der Waals surface area contributed by atoms with Crippen molar-refractivity contribution in [1.29, 1.82) is 0 Å². The Morgan fingerprint density at radius 3 is 2.55 bits per heavy atom. The van der Waals surface area contributed by atoms with E-state index in [1.54, 1.807) is 0 Å². The standard InChI is InChI=1S/C29H54N2O2/c1-5-6-7-9-20(2)23-10-11-24-22-18-26(31-17-8-16-30)29(33)19-21(32)12-15-28(29,4)25(22)13-14-27(23,24)3/h20-26,31-33H,5-19,30H2,1-4H3/t20-,21+,22+,23?,24+,25+,26?,27-,28-,29+/m1/s1. The van der Waals surface area contributed by atoms with E-state index in [1.807, 2.05) is 0 Å². The number of aliphatic hydroxyl groups excluding tert-OH is 1. The third kappa shape index (κ3) is 4.34. The summed E-state index contributed by atoms with van der Waals surface area (Å²) in [5.74, 6) is 3.79. The Morgan fingerprint density at radius 2 is 1.82 bits per heavy atom. The van der Waals surface area contributed by atoms with Crippen LogP contribution in [-0.4, -0.2) is 41.0 Å². The molecule has 4 saturated carbocycles. The summed E-state index contributed by atoms with van der Waals surface area (Å²) in [4.78, 5) is 0. The van der Waals surface area contributed by atoms with Gasteiger partial charge in [-0.2, -0.15) is 0 Å². The van der Waals surface area contributed by atoms with E-state index >= 15 is 0 Å². The molecule has 10 atom stereocenters. The molecule has 33 heavy (non-hydrogen) atoms. The quantitative estimate of drug-likeness (QED) is 0.353. The third-order valence-electron chi connectivity index (χ3n) is 11.7. The van der Waals surface area contributed by atoms with Crippen molar-refractivity contribution in [3.05, 3.63) is 0 Å². The second-order valence-corrected chi connectivity index (χ2v) is 13.2. The minimum atomic E-state index is -0.806. The van der Waals surface area contributed by atoms with Gasteiger partial charge in [-0.05, 0) is 99.5 Å². The van der Waals surface area contributed by atoms with Crippen molar-refractivity contribution < 1.29 is 10.2 Å². The molecular weight excluding hydrogens is 408 g/mol. The van der Waals surface area contributed by atoms with Gasteiger partial charge in [0.05, 0.1) is 11.7 Å². The van der Waals surface area contributed by atoms with Gasteiger partial charge < -0.3 is 21.3 Å². The second kappa shape index (κ2) is 10.1. The number of hydrogen-bond acceptors (Lipinski definition) is 4. The van der Waals surface area contributed by atoms with Gasteiger partial charge in [0.1, 0.15) is 0 Å². The Bertz CT molecular complexity index is 658. The van der Waals surface area contributed by atoms with E-state index in [1.165, 1.54) is 51.4 Å². The predicted molar refractivity (Wildman–Crippen MR) is 137 cm³/mol. The molecule has 0 aromatic heterocycles. The SMILES string of the molecule is CCCCC[C@@H](C)C1CC[C@H]2[C@@H]3CC(NCCCN)[C@@]4(O)C[C@@H](O)CC[C@]4(C)[C@H]3CC[C@]12C. The zero-order chi connectivity index (χ0) is 23.9. The molecule has 2 unspecified atom stereocenters. The Kier molecular flexibility index (Phi) is 7.91. The van der Waals surface area contributed by atoms with Crippen molar-refractivity contribution in [2.75, 3.05) is 13.1 Å². The maximum Gasteiger partial charge on any atom is 0.0880 e. The Hall–Kier alpha value is -0.160. The first-order valence-electron chi connectivity index (χ1n) is 14.5. The van der Waals surface area contributed by atoms with Crippen LogP contribution in [0, 0.1) is 40.4 Å². The summed E-state index contributed by atoms with van der Waals surface area (Å²) < 4.78 is 0. The molecule has 0 saturated heterocycles. The summed E-state index contributed by atoms with van der Waals surface area (Å²) in [6, 6.07) is 0.0774. The van der Waals surface area contributed by atoms with Gasteiger partial charge >= 0.3 is 0 Å². The lowest BCUT2D eigenvalue weighted by Gasteiger charge is -2.66. The zero-order valence-corrected chi connectivity index (χ0v) is 22.1. The van der Waals surface area contributed by atoms with E-state index < -0.39 is 5.60 Å². The van der Waals surface area contributed by atoms with Crippen LogP contribution in [0.4, 0.5) is 0 Å². The topological polar surface area (TPSA) is 78.5 Å². The molecule has 4 nitrogen and oxygen atoms in total. The van der Waals surface area contributed by atoms with Crippen LogP contribution in [0.2, 0.25) is 0 Å². The third-order valence-corrected chi connectivity index (χ3v) is 11.7. The van der Waals surface area contributed by atoms with Gasteiger partial charge in [-0.15, -0.1) is 0 Å². The fourth-order valence-corrected chi connectivity index (χ4v) is 9.82. The zero-order valence-electron chi connectivity index (χ0n) is 22.1. The molecule has 0 aliphatic heterocycles. The number of rotatable bonds is 9. The van der Waals surface area contributed by atoms with Crippen molar-refractivity contribution in [3.8, 4) is 0 Å². The minimum Gasteiger partial charge on any atom is -0.393 e. The summed E-state index contributed by atoms with van der Waals surface area (Å²) in [7, 11) is 0. The lowest BCUT2D eigenvalue weighted by molar-refractivity contribution is -0.234. The van der Waals surface area contributed by atoms with Crippen molar-refractivity contribution >= 4 is 0 Å². The van der Waals surface area contributed by atoms with E-state index in [-0.39, 0.29) is 17.6 Å². The number of aliphatic hydroxyl groups is 2. The average molecular weight is 463 g/mol. The molecule has 0 bridgehead atoms. The van der Waals surface area contributed by atoms with Gasteiger partial charge in [0.25, 0.3) is 0 Å². The van der Waals surface area contributed by atoms with Crippen LogP contribution in [0.25, 0.3) is 0 Å². The van der Waals surface area contributed by atoms with Crippen molar-refractivity contribution in [2.24, 2.45) is 46.2 Å². The number of unbranched alkanes of at least 4 members (excludes halogenated alkanes) is 2. The smallest absolute Gasteiger partial charge is 0.0880 e. The van der Waals surface area contributed by atoms with E-state index in [9.17, 15) is 10.2 Å². The number of fused-ring (bicyclic) bond motifs is 5. The molecular formula is C29H54N2O2. The summed E-state index contributed by atoms with van der Waals surface area (Å²) in [5, 5.41) is 26.6. The lowest BCUT2D eigenvalue weighted by atomic mass is 9.42. The van der Waals surface area contributed by atoms with Crippen LogP contribution in [-0.2, 0) is 0 Å². The molecule has 0 radical (unpaired) electrons. The van der Waals surface area contributed by atoms with Gasteiger partial charge in [-0.1, -0.05) is 53.4 Å². The van der Waals surface area contributed by atoms with E-state index in [0.29, 0.717) is 30.2 Å². The molecule has 4 fully saturated rings. The Labute approximate surface area is 203 Å². The van der Waals surface area contributed by atoms with Crippen LogP contribution in [0.5, 0.6) is 0 Å². The first-order valence-corrected chi connectivity index (χ1v) is 14.5. The number of nitrogens with one attached hydrogen (secondary N) is 1. The average Bonchev–Trinajstić information content (AvgIpc) is 3.13. The summed E-state index contributed by atoms with van der Waals surface area (Å²) >= 11 is 0. The lowest BCUT2D eigenvalue weighted by Crippen LogP contribution is -2.71. The highest BCUT2D eigenvalue weighted by Gasteiger charge is 2.67. The number of hydrogen-bond donors (Lipinski definition) is 4. The molecule has 4 aliphatic rings. The van der Waals surface area contributed by atoms with Crippen molar-refractivity contribution in [2.45, 2.75) is 129 Å². The monoisotopic (exact) mass is 462 g/mol. The van der Waals surface area contributed by atoms with Crippen molar-refractivity contribution in [3.63, 3.8) is 0 Å². The predicted octanol–water partition coefficient (Wildman–Crippen LogP) is 5.25. The van der Waals surface area contributed by atoms with E-state index in [2.05, 4.69) is 33.0 Å². The number of nitrogens with two attached hydrogens (primary N) is 1. The fraction of sp³-hybridized carbons (Fsp3) is 1.00. The fourth-order valence-electron chi connectivity index (χ4n) is 9.82. The molecule has 4 heteroatoms.